The molecule has 7 nitrogen and oxygen atoms in total. The molecule has 0 bridgehead atoms. The number of anilines is 1. The van der Waals surface area contributed by atoms with Crippen LogP contribution in [0.15, 0.2) is 47.6 Å². The topological polar surface area (TPSA) is 75.4 Å². The Kier molecular flexibility index (Phi) is 3.38. The molecule has 0 radical (unpaired) electrons. The van der Waals surface area contributed by atoms with E-state index in [1.807, 2.05) is 6.07 Å². The minimum atomic E-state index is -0.0635. The highest BCUT2D eigenvalue weighted by Crippen LogP contribution is 2.23. The predicted octanol–water partition coefficient (Wildman–Crippen LogP) is 1.58. The maximum absolute atomic E-state index is 12.3. The number of aromatic nitrogens is 3. The number of piperazine rings is 1. The molecule has 0 N–H and O–H groups in total. The number of rotatable bonds is 2. The number of hydrogen-bond acceptors (Lipinski definition) is 6. The van der Waals surface area contributed by atoms with Crippen molar-refractivity contribution >= 4 is 22.6 Å². The molecule has 1 fully saturated rings. The summed E-state index contributed by atoms with van der Waals surface area (Å²) in [6, 6.07) is 5.34. The highest BCUT2D eigenvalue weighted by molar-refractivity contribution is 5.92. The van der Waals surface area contributed by atoms with Crippen molar-refractivity contribution in [2.75, 3.05) is 31.1 Å². The van der Waals surface area contributed by atoms with Gasteiger partial charge in [0, 0.05) is 37.8 Å². The van der Waals surface area contributed by atoms with Gasteiger partial charge in [-0.05, 0) is 18.2 Å². The van der Waals surface area contributed by atoms with Crippen molar-refractivity contribution in [3.63, 3.8) is 0 Å². The Hall–Kier alpha value is -2.96. The van der Waals surface area contributed by atoms with Gasteiger partial charge in [-0.3, -0.25) is 9.78 Å². The number of carbonyl (C=O) groups excluding carboxylic acids is 1. The van der Waals surface area contributed by atoms with Crippen LogP contribution in [0.1, 0.15) is 10.6 Å². The third kappa shape index (κ3) is 2.50. The maximum atomic E-state index is 12.3. The fourth-order valence-corrected chi connectivity index (χ4v) is 2.82. The van der Waals surface area contributed by atoms with Crippen molar-refractivity contribution in [1.29, 1.82) is 0 Å². The molecule has 3 aromatic heterocycles. The van der Waals surface area contributed by atoms with E-state index in [9.17, 15) is 4.79 Å². The molecule has 23 heavy (non-hydrogen) atoms. The van der Waals surface area contributed by atoms with Gasteiger partial charge in [-0.25, -0.2) is 9.97 Å². The summed E-state index contributed by atoms with van der Waals surface area (Å²) < 4.78 is 5.19. The minimum absolute atomic E-state index is 0.0635. The van der Waals surface area contributed by atoms with Crippen LogP contribution in [0.25, 0.3) is 10.9 Å². The lowest BCUT2D eigenvalue weighted by Gasteiger charge is -2.35. The lowest BCUT2D eigenvalue weighted by Crippen LogP contribution is -2.49. The fourth-order valence-electron chi connectivity index (χ4n) is 2.82. The Morgan fingerprint density at radius 3 is 2.78 bits per heavy atom. The van der Waals surface area contributed by atoms with Gasteiger partial charge in [-0.15, -0.1) is 0 Å². The van der Waals surface area contributed by atoms with Gasteiger partial charge in [0.1, 0.15) is 12.1 Å². The van der Waals surface area contributed by atoms with Crippen LogP contribution in [-0.4, -0.2) is 51.9 Å². The molecule has 116 valence electrons. The van der Waals surface area contributed by atoms with Crippen molar-refractivity contribution in [1.82, 2.24) is 19.9 Å². The Labute approximate surface area is 132 Å². The fraction of sp³-hybridized carbons (Fsp3) is 0.250. The third-order valence-corrected chi connectivity index (χ3v) is 4.02. The van der Waals surface area contributed by atoms with Gasteiger partial charge in [0.25, 0.3) is 5.91 Å². The van der Waals surface area contributed by atoms with Crippen LogP contribution in [0.2, 0.25) is 0 Å². The second-order valence-corrected chi connectivity index (χ2v) is 5.35. The van der Waals surface area contributed by atoms with Gasteiger partial charge >= 0.3 is 0 Å². The van der Waals surface area contributed by atoms with E-state index in [4.69, 9.17) is 4.42 Å². The highest BCUT2D eigenvalue weighted by atomic mass is 16.3. The summed E-state index contributed by atoms with van der Waals surface area (Å²) in [6.07, 6.45) is 6.55. The maximum Gasteiger partial charge on any atom is 0.289 e. The summed E-state index contributed by atoms with van der Waals surface area (Å²) in [7, 11) is 0. The molecule has 0 aromatic carbocycles. The number of amides is 1. The number of nitrogens with zero attached hydrogens (tertiary/aromatic N) is 5. The molecular weight excluding hydrogens is 294 g/mol. The Balaban J connectivity index is 1.52. The summed E-state index contributed by atoms with van der Waals surface area (Å²) in [5, 5.41) is 0.980. The van der Waals surface area contributed by atoms with Gasteiger partial charge < -0.3 is 14.2 Å². The Morgan fingerprint density at radius 2 is 2.00 bits per heavy atom. The highest BCUT2D eigenvalue weighted by Gasteiger charge is 2.25. The van der Waals surface area contributed by atoms with Crippen LogP contribution < -0.4 is 4.90 Å². The van der Waals surface area contributed by atoms with Gasteiger partial charge in [0.15, 0.2) is 5.76 Å². The molecule has 0 atom stereocenters. The van der Waals surface area contributed by atoms with Crippen LogP contribution in [-0.2, 0) is 0 Å². The summed E-state index contributed by atoms with van der Waals surface area (Å²) in [5.74, 6) is 1.21. The molecule has 1 amide bonds. The molecule has 1 saturated heterocycles. The largest absolute Gasteiger partial charge is 0.459 e. The Morgan fingerprint density at radius 1 is 1.13 bits per heavy atom. The number of pyridine rings is 1. The standard InChI is InChI=1S/C16H15N5O2/c22-16(14-2-1-9-23-14)21-7-5-20(6-8-21)15-12-3-4-17-10-13(12)18-11-19-15/h1-4,9-11H,5-8H2. The summed E-state index contributed by atoms with van der Waals surface area (Å²) >= 11 is 0. The lowest BCUT2D eigenvalue weighted by atomic mass is 10.2. The SMILES string of the molecule is O=C(c1ccco1)N1CCN(c2ncnc3cnccc23)CC1. The average Bonchev–Trinajstić information content (AvgIpc) is 3.15. The molecule has 7 heteroatoms. The van der Waals surface area contributed by atoms with E-state index in [-0.39, 0.29) is 5.91 Å². The summed E-state index contributed by atoms with van der Waals surface area (Å²) in [6.45, 7) is 2.72. The lowest BCUT2D eigenvalue weighted by molar-refractivity contribution is 0.0714. The molecule has 1 aliphatic rings. The number of furan rings is 1. The first-order valence-electron chi connectivity index (χ1n) is 7.45. The van der Waals surface area contributed by atoms with Crippen molar-refractivity contribution < 1.29 is 9.21 Å². The van der Waals surface area contributed by atoms with Gasteiger partial charge in [0.05, 0.1) is 18.0 Å². The normalized spacial score (nSPS) is 15.1. The van der Waals surface area contributed by atoms with Crippen molar-refractivity contribution in [2.45, 2.75) is 0 Å². The average molecular weight is 309 g/mol. The van der Waals surface area contributed by atoms with E-state index in [1.54, 1.807) is 35.8 Å². The Bertz CT molecular complexity index is 820. The molecule has 3 aromatic rings. The molecule has 0 saturated carbocycles. The molecule has 0 unspecified atom stereocenters. The van der Waals surface area contributed by atoms with Crippen molar-refractivity contribution in [3.8, 4) is 0 Å². The zero-order chi connectivity index (χ0) is 15.6. The third-order valence-electron chi connectivity index (χ3n) is 4.02. The van der Waals surface area contributed by atoms with Gasteiger partial charge in [0.2, 0.25) is 0 Å². The van der Waals surface area contributed by atoms with Crippen molar-refractivity contribution in [2.24, 2.45) is 0 Å². The van der Waals surface area contributed by atoms with E-state index < -0.39 is 0 Å². The van der Waals surface area contributed by atoms with Crippen molar-refractivity contribution in [3.05, 3.63) is 48.9 Å². The number of fused-ring (bicyclic) bond motifs is 1. The van der Waals surface area contributed by atoms with Crippen LogP contribution in [0.4, 0.5) is 5.82 Å². The van der Waals surface area contributed by atoms with Gasteiger partial charge in [-0.2, -0.15) is 0 Å². The zero-order valence-corrected chi connectivity index (χ0v) is 12.4. The minimum Gasteiger partial charge on any atom is -0.459 e. The molecule has 4 heterocycles. The zero-order valence-electron chi connectivity index (χ0n) is 12.4. The van der Waals surface area contributed by atoms with Crippen LogP contribution in [0, 0.1) is 0 Å². The number of carbonyl (C=O) groups is 1. The summed E-state index contributed by atoms with van der Waals surface area (Å²) in [5.41, 5.74) is 0.826. The van der Waals surface area contributed by atoms with E-state index >= 15 is 0 Å². The predicted molar refractivity (Wildman–Crippen MR) is 84.2 cm³/mol. The smallest absolute Gasteiger partial charge is 0.289 e. The number of hydrogen-bond donors (Lipinski definition) is 0. The first-order chi connectivity index (χ1) is 11.3. The van der Waals surface area contributed by atoms with E-state index in [0.717, 1.165) is 29.8 Å². The van der Waals surface area contributed by atoms with Crippen LogP contribution in [0.3, 0.4) is 0 Å². The first kappa shape index (κ1) is 13.7. The molecule has 1 aliphatic heterocycles. The molecule has 0 spiro atoms. The van der Waals surface area contributed by atoms with Crippen LogP contribution >= 0.6 is 0 Å². The van der Waals surface area contributed by atoms with E-state index in [2.05, 4.69) is 19.9 Å². The van der Waals surface area contributed by atoms with E-state index in [0.29, 0.717) is 18.8 Å². The first-order valence-corrected chi connectivity index (χ1v) is 7.45. The summed E-state index contributed by atoms with van der Waals surface area (Å²) in [4.78, 5) is 29.0. The molecule has 4 rings (SSSR count). The second kappa shape index (κ2) is 5.68. The quantitative estimate of drug-likeness (QED) is 0.715. The van der Waals surface area contributed by atoms with Crippen LogP contribution in [0.5, 0.6) is 0 Å². The molecule has 0 aliphatic carbocycles. The molecular formula is C16H15N5O2. The van der Waals surface area contributed by atoms with E-state index in [1.165, 1.54) is 6.26 Å². The monoisotopic (exact) mass is 309 g/mol. The van der Waals surface area contributed by atoms with Gasteiger partial charge in [-0.1, -0.05) is 0 Å². The second-order valence-electron chi connectivity index (χ2n) is 5.35.